The van der Waals surface area contributed by atoms with Crippen LogP contribution in [-0.4, -0.2) is 29.9 Å². The average molecular weight is 493 g/mol. The van der Waals surface area contributed by atoms with Gasteiger partial charge in [0, 0.05) is 30.8 Å². The summed E-state index contributed by atoms with van der Waals surface area (Å²) in [5.41, 5.74) is 1.33. The minimum Gasteiger partial charge on any atom is -0.427 e. The number of hydrogen-bond acceptors (Lipinski definition) is 3. The smallest absolute Gasteiger partial charge is 0.427 e. The van der Waals surface area contributed by atoms with E-state index in [0.29, 0.717) is 0 Å². The summed E-state index contributed by atoms with van der Waals surface area (Å²) in [6.07, 6.45) is 6.51. The number of unbranched alkanes of at least 4 members (excludes halogenated alkanes) is 1. The molecule has 0 N–H and O–H groups in total. The number of hydrogen-bond donors (Lipinski definition) is 0. The molecule has 0 saturated heterocycles. The van der Waals surface area contributed by atoms with E-state index in [0.717, 1.165) is 12.8 Å². The van der Waals surface area contributed by atoms with Crippen LogP contribution < -0.4 is 5.57 Å². The van der Waals surface area contributed by atoms with Gasteiger partial charge in [0.1, 0.15) is 5.57 Å². The van der Waals surface area contributed by atoms with Crippen LogP contribution in [0, 0.1) is 35.5 Å². The molecule has 0 spiro atoms. The van der Waals surface area contributed by atoms with Crippen LogP contribution in [0.5, 0.6) is 0 Å². The Morgan fingerprint density at radius 3 is 1.40 bits per heavy atom. The zero-order valence-electron chi connectivity index (χ0n) is 20.8. The van der Waals surface area contributed by atoms with Crippen molar-refractivity contribution in [1.82, 2.24) is 9.32 Å². The molecule has 30 heavy (non-hydrogen) atoms. The van der Waals surface area contributed by atoms with Crippen molar-refractivity contribution in [3.8, 4) is 12.1 Å². The Labute approximate surface area is 198 Å². The van der Waals surface area contributed by atoms with Gasteiger partial charge in [-0.2, -0.15) is 0 Å². The molecule has 0 unspecified atom stereocenters. The van der Waals surface area contributed by atoms with Crippen molar-refractivity contribution in [2.75, 3.05) is 0 Å². The van der Waals surface area contributed by atoms with Gasteiger partial charge in [-0.1, -0.05) is 83.1 Å². The Kier molecular flexibility index (Phi) is 12.4. The molecule has 1 heterocycles. The van der Waals surface area contributed by atoms with Crippen LogP contribution in [0.2, 0.25) is 0 Å². The topological polar surface area (TPSA) is 65.4 Å². The molecule has 1 rings (SSSR count). The van der Waals surface area contributed by atoms with Gasteiger partial charge in [-0.05, 0) is 18.2 Å². The zero-order valence-corrected chi connectivity index (χ0v) is 23.6. The standard InChI is InChI=1S/C19H38N2P2.C4H2N2.Ni/c1-16(2,3)22(17(4,5)6)15-20-13-14-21(15)23(18(7,8)9)19(10,11)12;5-3-1-2-4-6;/h13-14H,1-12H3;1-2H;/q;-2;+2. The molecule has 0 aliphatic carbocycles. The van der Waals surface area contributed by atoms with E-state index in [1.165, 1.54) is 5.57 Å². The van der Waals surface area contributed by atoms with Gasteiger partial charge < -0.3 is 17.2 Å². The van der Waals surface area contributed by atoms with Crippen molar-refractivity contribution in [2.24, 2.45) is 0 Å². The average Bonchev–Trinajstić information content (AvgIpc) is 2.87. The quantitative estimate of drug-likeness (QED) is 0.200. The summed E-state index contributed by atoms with van der Waals surface area (Å²) in [4.78, 5) is 4.91. The van der Waals surface area contributed by atoms with Crippen LogP contribution in [0.1, 0.15) is 83.1 Å². The maximum absolute atomic E-state index is 7.71. The van der Waals surface area contributed by atoms with E-state index in [2.05, 4.69) is 93.6 Å². The summed E-state index contributed by atoms with van der Waals surface area (Å²) in [7, 11) is -0.758. The Bertz CT molecular complexity index is 629. The molecule has 4 nitrogen and oxygen atoms in total. The van der Waals surface area contributed by atoms with Gasteiger partial charge >= 0.3 is 16.5 Å². The minimum absolute atomic E-state index is 0. The second-order valence-electron chi connectivity index (χ2n) is 11.0. The number of imidazole rings is 1. The zero-order chi connectivity index (χ0) is 23.3. The van der Waals surface area contributed by atoms with Gasteiger partial charge in [-0.25, -0.2) is 15.5 Å². The summed E-state index contributed by atoms with van der Waals surface area (Å²) < 4.78 is 2.57. The molecule has 1 aromatic rings. The Balaban J connectivity index is 0. The Morgan fingerprint density at radius 1 is 0.767 bits per heavy atom. The summed E-state index contributed by atoms with van der Waals surface area (Å²) >= 11 is 0. The molecule has 0 fully saturated rings. The van der Waals surface area contributed by atoms with E-state index in [4.69, 9.17) is 15.5 Å². The summed E-state index contributed by atoms with van der Waals surface area (Å²) in [6, 6.07) is 3.33. The van der Waals surface area contributed by atoms with E-state index < -0.39 is 0 Å². The van der Waals surface area contributed by atoms with Crippen LogP contribution in [0.4, 0.5) is 0 Å². The Morgan fingerprint density at radius 2 is 1.13 bits per heavy atom. The third kappa shape index (κ3) is 9.61. The second-order valence-corrected chi connectivity index (χ2v) is 18.5. The largest absolute Gasteiger partial charge is 2.00 e. The SMILES string of the molecule is CC(C)(C)P(c1nccn1P(C(C)(C)C)C(C)(C)C)C(C)(C)C.N#C[CH-][CH-]C#N.[Ni+2]. The van der Waals surface area contributed by atoms with E-state index in [1.54, 1.807) is 12.1 Å². The molecule has 1 aromatic heterocycles. The maximum Gasteiger partial charge on any atom is 2.00 e. The van der Waals surface area contributed by atoms with Gasteiger partial charge in [0.05, 0.1) is 0 Å². The first-order chi connectivity index (χ1) is 12.9. The van der Waals surface area contributed by atoms with Crippen LogP contribution in [-0.2, 0) is 16.5 Å². The number of aromatic nitrogens is 2. The molecule has 0 aliphatic rings. The molecule has 0 aromatic carbocycles. The van der Waals surface area contributed by atoms with Gasteiger partial charge in [0.15, 0.2) is 0 Å². The molecular formula is C23H40N4NiP2. The first-order valence-electron chi connectivity index (χ1n) is 9.97. The molecule has 0 atom stereocenters. The van der Waals surface area contributed by atoms with E-state index in [-0.39, 0.29) is 53.1 Å². The van der Waals surface area contributed by atoms with Crippen molar-refractivity contribution in [1.29, 1.82) is 10.5 Å². The van der Waals surface area contributed by atoms with Crippen LogP contribution in [0.15, 0.2) is 12.4 Å². The van der Waals surface area contributed by atoms with Crippen LogP contribution in [0.25, 0.3) is 0 Å². The van der Waals surface area contributed by atoms with E-state index in [1.807, 2.05) is 6.20 Å². The van der Waals surface area contributed by atoms with Gasteiger partial charge in [-0.15, -0.1) is 12.1 Å². The fourth-order valence-electron chi connectivity index (χ4n) is 3.94. The molecule has 0 radical (unpaired) electrons. The molecule has 0 aliphatic heterocycles. The number of rotatable bonds is 3. The predicted molar refractivity (Wildman–Crippen MR) is 130 cm³/mol. The first kappa shape index (κ1) is 31.5. The van der Waals surface area contributed by atoms with Crippen molar-refractivity contribution in [2.45, 2.75) is 104 Å². The van der Waals surface area contributed by atoms with Gasteiger partial charge in [-0.3, -0.25) is 0 Å². The monoisotopic (exact) mass is 492 g/mol. The third-order valence-electron chi connectivity index (χ3n) is 3.86. The molecule has 7 heteroatoms. The number of nitrogens with zero attached hydrogens (tertiary/aromatic N) is 4. The van der Waals surface area contributed by atoms with Crippen molar-refractivity contribution >= 4 is 21.6 Å². The van der Waals surface area contributed by atoms with Crippen molar-refractivity contribution in [3.63, 3.8) is 0 Å². The van der Waals surface area contributed by atoms with Gasteiger partial charge in [0.2, 0.25) is 0 Å². The molecule has 172 valence electrons. The van der Waals surface area contributed by atoms with Crippen LogP contribution in [0.3, 0.4) is 0 Å². The summed E-state index contributed by atoms with van der Waals surface area (Å²) in [6.45, 7) is 28.5. The fraction of sp³-hybridized carbons (Fsp3) is 0.696. The van der Waals surface area contributed by atoms with E-state index >= 15 is 0 Å². The second kappa shape index (κ2) is 11.8. The van der Waals surface area contributed by atoms with E-state index in [9.17, 15) is 0 Å². The van der Waals surface area contributed by atoms with Crippen molar-refractivity contribution < 1.29 is 16.5 Å². The maximum atomic E-state index is 7.71. The molecule has 0 bridgehead atoms. The Hall–Kier alpha value is -0.716. The number of nitriles is 2. The fourth-order valence-corrected chi connectivity index (χ4v) is 11.9. The van der Waals surface area contributed by atoms with Crippen LogP contribution >= 0.6 is 16.0 Å². The van der Waals surface area contributed by atoms with Gasteiger partial charge in [0.25, 0.3) is 0 Å². The first-order valence-corrected chi connectivity index (χ1v) is 12.6. The molecular weight excluding hydrogens is 453 g/mol. The summed E-state index contributed by atoms with van der Waals surface area (Å²) in [5, 5.41) is 16.4. The molecule has 0 amide bonds. The molecule has 0 saturated carbocycles. The van der Waals surface area contributed by atoms with Crippen molar-refractivity contribution in [3.05, 3.63) is 25.2 Å². The summed E-state index contributed by atoms with van der Waals surface area (Å²) in [5.74, 6) is 0. The third-order valence-corrected chi connectivity index (χ3v) is 10.7. The predicted octanol–water partition coefficient (Wildman–Crippen LogP) is 6.87. The normalized spacial score (nSPS) is 12.3. The minimum atomic E-state index is -0.380.